The Balaban J connectivity index is 3.22. The number of hydrogen-bond acceptors (Lipinski definition) is 9. The van der Waals surface area contributed by atoms with E-state index in [-0.39, 0.29) is 56.4 Å². The summed E-state index contributed by atoms with van der Waals surface area (Å²) in [5.74, 6) is -2.08. The van der Waals surface area contributed by atoms with Crippen LogP contribution in [0.25, 0.3) is 0 Å². The predicted molar refractivity (Wildman–Crippen MR) is 73.8 cm³/mol. The highest BCUT2D eigenvalue weighted by molar-refractivity contribution is 5.99. The van der Waals surface area contributed by atoms with Crippen molar-refractivity contribution >= 4 is 17.3 Å². The second-order valence-corrected chi connectivity index (χ2v) is 4.19. The van der Waals surface area contributed by atoms with Crippen LogP contribution < -0.4 is 17.2 Å². The molecule has 9 heteroatoms. The summed E-state index contributed by atoms with van der Waals surface area (Å²) in [7, 11) is 0. The Hall–Kier alpha value is -2.10. The number of rotatable bonds is 9. The predicted octanol–water partition coefficient (Wildman–Crippen LogP) is -1.53. The molecule has 0 radical (unpaired) electrons. The summed E-state index contributed by atoms with van der Waals surface area (Å²) in [6.45, 7) is 0.341. The lowest BCUT2D eigenvalue weighted by Crippen LogP contribution is -2.21. The number of nitrogens with two attached hydrogens (primary N) is 3. The van der Waals surface area contributed by atoms with Crippen LogP contribution in [-0.2, 0) is 0 Å². The van der Waals surface area contributed by atoms with Crippen LogP contribution in [0.1, 0.15) is 51.1 Å². The zero-order chi connectivity index (χ0) is 15.8. The molecule has 1 aromatic rings. The van der Waals surface area contributed by atoms with Gasteiger partial charge in [-0.15, -0.1) is 0 Å². The summed E-state index contributed by atoms with van der Waals surface area (Å²) in [5, 5.41) is 0. The average molecular weight is 294 g/mol. The van der Waals surface area contributed by atoms with E-state index in [2.05, 4.69) is 15.0 Å². The number of hydrogen-bond donors (Lipinski definition) is 3. The normalized spacial score (nSPS) is 10.4. The highest BCUT2D eigenvalue weighted by Crippen LogP contribution is 2.04. The van der Waals surface area contributed by atoms with Gasteiger partial charge in [0.1, 0.15) is 0 Å². The fourth-order valence-corrected chi connectivity index (χ4v) is 1.48. The fourth-order valence-electron chi connectivity index (χ4n) is 1.48. The minimum atomic E-state index is -0.455. The molecular formula is C12H18N6O3. The zero-order valence-corrected chi connectivity index (χ0v) is 11.5. The minimum absolute atomic E-state index is 0.0129. The van der Waals surface area contributed by atoms with Gasteiger partial charge in [-0.1, -0.05) is 0 Å². The van der Waals surface area contributed by atoms with Crippen molar-refractivity contribution in [3.8, 4) is 0 Å². The number of nitrogens with zero attached hydrogens (tertiary/aromatic N) is 3. The Kier molecular flexibility index (Phi) is 6.66. The van der Waals surface area contributed by atoms with Gasteiger partial charge in [0, 0.05) is 19.3 Å². The van der Waals surface area contributed by atoms with Crippen molar-refractivity contribution in [1.29, 1.82) is 0 Å². The summed E-state index contributed by atoms with van der Waals surface area (Å²) in [4.78, 5) is 46.8. The first-order valence-electron chi connectivity index (χ1n) is 6.49. The third kappa shape index (κ3) is 4.74. The molecule has 0 bridgehead atoms. The number of Topliss-reactive ketones (excluding diaryl/α,β-unsaturated/α-hetero) is 3. The maximum absolute atomic E-state index is 11.8. The van der Waals surface area contributed by atoms with Crippen molar-refractivity contribution in [3.05, 3.63) is 17.5 Å². The second-order valence-electron chi connectivity index (χ2n) is 4.19. The standard InChI is InChI=1S/C12H18N6O3/c13-4-1-7(19)10-16-11(8(20)2-5-14)18-12(17-10)9(21)3-6-15/h1-6,13-15H2. The number of carbonyl (C=O) groups is 3. The molecule has 0 atom stereocenters. The molecule has 0 spiro atoms. The number of carbonyl (C=O) groups excluding carboxylic acids is 3. The van der Waals surface area contributed by atoms with Gasteiger partial charge < -0.3 is 17.2 Å². The molecule has 1 aromatic heterocycles. The Labute approximate surface area is 121 Å². The number of ketones is 3. The Morgan fingerprint density at radius 3 is 1.05 bits per heavy atom. The van der Waals surface area contributed by atoms with E-state index < -0.39 is 17.3 Å². The van der Waals surface area contributed by atoms with Gasteiger partial charge in [-0.05, 0) is 19.6 Å². The van der Waals surface area contributed by atoms with Gasteiger partial charge in [0.15, 0.2) is 17.5 Å². The number of aromatic nitrogens is 3. The van der Waals surface area contributed by atoms with Gasteiger partial charge in [0.2, 0.25) is 17.3 Å². The van der Waals surface area contributed by atoms with Crippen molar-refractivity contribution < 1.29 is 14.4 Å². The van der Waals surface area contributed by atoms with Crippen LogP contribution in [0.4, 0.5) is 0 Å². The smallest absolute Gasteiger partial charge is 0.201 e. The van der Waals surface area contributed by atoms with E-state index in [1.807, 2.05) is 0 Å². The first-order chi connectivity index (χ1) is 10.0. The highest BCUT2D eigenvalue weighted by atomic mass is 16.1. The molecule has 0 aliphatic rings. The third-order valence-electron chi connectivity index (χ3n) is 2.50. The van der Waals surface area contributed by atoms with Gasteiger partial charge in [0.25, 0.3) is 0 Å². The van der Waals surface area contributed by atoms with Gasteiger partial charge in [-0.2, -0.15) is 0 Å². The second kappa shape index (κ2) is 8.25. The van der Waals surface area contributed by atoms with Gasteiger partial charge in [0.05, 0.1) is 0 Å². The molecule has 9 nitrogen and oxygen atoms in total. The van der Waals surface area contributed by atoms with Crippen molar-refractivity contribution in [3.63, 3.8) is 0 Å². The van der Waals surface area contributed by atoms with E-state index in [1.54, 1.807) is 0 Å². The van der Waals surface area contributed by atoms with Crippen LogP contribution in [0.2, 0.25) is 0 Å². The van der Waals surface area contributed by atoms with Gasteiger partial charge in [-0.25, -0.2) is 15.0 Å². The van der Waals surface area contributed by atoms with Crippen LogP contribution in [0.15, 0.2) is 0 Å². The Morgan fingerprint density at radius 1 is 0.619 bits per heavy atom. The van der Waals surface area contributed by atoms with Crippen LogP contribution >= 0.6 is 0 Å². The Bertz CT molecular complexity index is 457. The van der Waals surface area contributed by atoms with Crippen molar-refractivity contribution in [2.24, 2.45) is 17.2 Å². The molecule has 0 fully saturated rings. The Morgan fingerprint density at radius 2 is 0.857 bits per heavy atom. The monoisotopic (exact) mass is 294 g/mol. The molecule has 6 N–H and O–H groups in total. The van der Waals surface area contributed by atoms with Crippen LogP contribution in [0.5, 0.6) is 0 Å². The average Bonchev–Trinajstić information content (AvgIpc) is 2.47. The third-order valence-corrected chi connectivity index (χ3v) is 2.50. The molecule has 0 aliphatic heterocycles. The molecule has 1 rings (SSSR count). The SMILES string of the molecule is NCCC(=O)c1nc(C(=O)CCN)nc(C(=O)CCN)n1. The molecule has 0 amide bonds. The van der Waals surface area contributed by atoms with E-state index >= 15 is 0 Å². The molecule has 0 aromatic carbocycles. The van der Waals surface area contributed by atoms with Crippen LogP contribution in [0.3, 0.4) is 0 Å². The van der Waals surface area contributed by atoms with E-state index in [4.69, 9.17) is 17.2 Å². The van der Waals surface area contributed by atoms with E-state index in [0.717, 1.165) is 0 Å². The lowest BCUT2D eigenvalue weighted by Gasteiger charge is -2.05. The minimum Gasteiger partial charge on any atom is -0.330 e. The maximum Gasteiger partial charge on any atom is 0.201 e. The van der Waals surface area contributed by atoms with E-state index in [9.17, 15) is 14.4 Å². The first-order valence-corrected chi connectivity index (χ1v) is 6.49. The summed E-state index contributed by atoms with van der Waals surface area (Å²) in [5.41, 5.74) is 15.9. The molecule has 21 heavy (non-hydrogen) atoms. The van der Waals surface area contributed by atoms with E-state index in [0.29, 0.717) is 0 Å². The summed E-state index contributed by atoms with van der Waals surface area (Å²) >= 11 is 0. The molecule has 0 saturated heterocycles. The highest BCUT2D eigenvalue weighted by Gasteiger charge is 2.20. The first kappa shape index (κ1) is 17.0. The van der Waals surface area contributed by atoms with Gasteiger partial charge in [-0.3, -0.25) is 14.4 Å². The van der Waals surface area contributed by atoms with Crippen molar-refractivity contribution in [1.82, 2.24) is 15.0 Å². The topological polar surface area (TPSA) is 168 Å². The molecule has 0 aliphatic carbocycles. The zero-order valence-electron chi connectivity index (χ0n) is 11.5. The maximum atomic E-state index is 11.8. The molecule has 1 heterocycles. The molecular weight excluding hydrogens is 276 g/mol. The molecule has 114 valence electrons. The lowest BCUT2D eigenvalue weighted by atomic mass is 10.2. The van der Waals surface area contributed by atoms with Gasteiger partial charge >= 0.3 is 0 Å². The molecule has 0 unspecified atom stereocenters. The largest absolute Gasteiger partial charge is 0.330 e. The van der Waals surface area contributed by atoms with Crippen LogP contribution in [-0.4, -0.2) is 51.9 Å². The summed E-state index contributed by atoms with van der Waals surface area (Å²) in [6, 6.07) is 0. The van der Waals surface area contributed by atoms with Crippen molar-refractivity contribution in [2.45, 2.75) is 19.3 Å². The lowest BCUT2D eigenvalue weighted by molar-refractivity contribution is 0.0962. The summed E-state index contributed by atoms with van der Waals surface area (Å²) < 4.78 is 0. The van der Waals surface area contributed by atoms with E-state index in [1.165, 1.54) is 0 Å². The van der Waals surface area contributed by atoms with Crippen LogP contribution in [0, 0.1) is 0 Å². The quantitative estimate of drug-likeness (QED) is 0.457. The summed E-state index contributed by atoms with van der Waals surface area (Å²) in [6.07, 6.45) is 0.0388. The van der Waals surface area contributed by atoms with Crippen molar-refractivity contribution in [2.75, 3.05) is 19.6 Å². The fraction of sp³-hybridized carbons (Fsp3) is 0.500. The molecule has 0 saturated carbocycles.